The highest BCUT2D eigenvalue weighted by atomic mass is 19.3. The highest BCUT2D eigenvalue weighted by Gasteiger charge is 2.08. The fourth-order valence-corrected chi connectivity index (χ4v) is 2.14. The van der Waals surface area contributed by atoms with Crippen LogP contribution in [0.3, 0.4) is 0 Å². The molecule has 0 aliphatic carbocycles. The van der Waals surface area contributed by atoms with E-state index in [0.29, 0.717) is 17.0 Å². The van der Waals surface area contributed by atoms with Gasteiger partial charge >= 0.3 is 6.61 Å². The van der Waals surface area contributed by atoms with Gasteiger partial charge in [0.1, 0.15) is 11.6 Å². The third-order valence-electron chi connectivity index (χ3n) is 3.37. The van der Waals surface area contributed by atoms with E-state index in [4.69, 9.17) is 0 Å². The minimum atomic E-state index is -2.89. The summed E-state index contributed by atoms with van der Waals surface area (Å²) in [6.45, 7) is -2.89. The first-order valence-corrected chi connectivity index (χ1v) is 7.72. The molecule has 0 bridgehead atoms. The molecule has 138 valence electrons. The number of H-pyrrole nitrogens is 1. The summed E-state index contributed by atoms with van der Waals surface area (Å²) in [4.78, 5) is 16.0. The van der Waals surface area contributed by atoms with E-state index in [9.17, 15) is 18.0 Å². The van der Waals surface area contributed by atoms with E-state index in [-0.39, 0.29) is 17.5 Å². The van der Waals surface area contributed by atoms with Gasteiger partial charge in [-0.15, -0.1) is 5.10 Å². The zero-order valence-corrected chi connectivity index (χ0v) is 13.7. The molecule has 0 spiro atoms. The summed E-state index contributed by atoms with van der Waals surface area (Å²) in [5.41, 5.74) is 1.24. The molecule has 1 amide bonds. The number of nitrogens with one attached hydrogen (secondary N) is 2. The first kappa shape index (κ1) is 18.2. The number of amides is 1. The molecule has 27 heavy (non-hydrogen) atoms. The number of hydrogen-bond donors (Lipinski definition) is 2. The number of rotatable bonds is 6. The number of anilines is 1. The van der Waals surface area contributed by atoms with Crippen molar-refractivity contribution in [2.24, 2.45) is 0 Å². The number of ether oxygens (including phenoxy) is 1. The van der Waals surface area contributed by atoms with E-state index in [1.807, 2.05) is 0 Å². The molecule has 0 atom stereocenters. The van der Waals surface area contributed by atoms with Crippen LogP contribution in [0.5, 0.6) is 5.75 Å². The molecule has 1 heterocycles. The largest absolute Gasteiger partial charge is 0.435 e. The Morgan fingerprint density at radius 2 is 1.81 bits per heavy atom. The molecule has 0 unspecified atom stereocenters. The lowest BCUT2D eigenvalue weighted by Crippen LogP contribution is -2.09. The number of alkyl halides is 2. The summed E-state index contributed by atoms with van der Waals surface area (Å²) in [6, 6.07) is 11.4. The standard InChI is InChI=1S/C18H13F3N4O2/c19-13-6-4-12(5-7-13)16-23-18(25-24-16)22-15(26)10-3-11-1-8-14(9-2-11)27-17(20)21/h1-10,17H,(H2,22,23,24,25,26)/b10-3+. The Labute approximate surface area is 151 Å². The molecule has 1 aromatic heterocycles. The number of carbonyl (C=O) groups excluding carboxylic acids is 1. The van der Waals surface area contributed by atoms with Crippen LogP contribution >= 0.6 is 0 Å². The van der Waals surface area contributed by atoms with Crippen molar-refractivity contribution in [2.75, 3.05) is 5.32 Å². The molecule has 0 radical (unpaired) electrons. The molecule has 0 saturated carbocycles. The number of hydrogen-bond acceptors (Lipinski definition) is 4. The van der Waals surface area contributed by atoms with Crippen molar-refractivity contribution in [3.63, 3.8) is 0 Å². The van der Waals surface area contributed by atoms with Crippen LogP contribution in [-0.2, 0) is 4.79 Å². The highest BCUT2D eigenvalue weighted by molar-refractivity contribution is 6.00. The van der Waals surface area contributed by atoms with Gasteiger partial charge in [0.25, 0.3) is 5.91 Å². The van der Waals surface area contributed by atoms with Gasteiger partial charge in [0.2, 0.25) is 5.95 Å². The molecule has 0 fully saturated rings. The van der Waals surface area contributed by atoms with Gasteiger partial charge in [-0.1, -0.05) is 12.1 Å². The average molecular weight is 374 g/mol. The minimum Gasteiger partial charge on any atom is -0.435 e. The number of halogens is 3. The van der Waals surface area contributed by atoms with Gasteiger partial charge in [-0.3, -0.25) is 15.2 Å². The third kappa shape index (κ3) is 5.18. The second-order valence-electron chi connectivity index (χ2n) is 5.28. The quantitative estimate of drug-likeness (QED) is 0.642. The first-order valence-electron chi connectivity index (χ1n) is 7.72. The van der Waals surface area contributed by atoms with Crippen molar-refractivity contribution in [1.29, 1.82) is 0 Å². The van der Waals surface area contributed by atoms with Crippen molar-refractivity contribution in [3.8, 4) is 17.1 Å². The number of aromatic amines is 1. The summed E-state index contributed by atoms with van der Waals surface area (Å²) in [5, 5.41) is 8.98. The molecular formula is C18H13F3N4O2. The Morgan fingerprint density at radius 1 is 1.11 bits per heavy atom. The molecule has 9 heteroatoms. The van der Waals surface area contributed by atoms with Gasteiger partial charge in [-0.05, 0) is 48.0 Å². The number of benzene rings is 2. The lowest BCUT2D eigenvalue weighted by Gasteiger charge is -2.03. The van der Waals surface area contributed by atoms with E-state index < -0.39 is 12.5 Å². The van der Waals surface area contributed by atoms with Crippen LogP contribution in [0.25, 0.3) is 17.5 Å². The summed E-state index contributed by atoms with van der Waals surface area (Å²) < 4.78 is 41.4. The topological polar surface area (TPSA) is 79.9 Å². The molecule has 2 N–H and O–H groups in total. The number of aromatic nitrogens is 3. The van der Waals surface area contributed by atoms with Crippen molar-refractivity contribution in [2.45, 2.75) is 6.61 Å². The normalized spacial score (nSPS) is 11.1. The second-order valence-corrected chi connectivity index (χ2v) is 5.28. The second kappa shape index (κ2) is 8.17. The Hall–Kier alpha value is -3.62. The number of nitrogens with zero attached hydrogens (tertiary/aromatic N) is 2. The van der Waals surface area contributed by atoms with Crippen molar-refractivity contribution < 1.29 is 22.7 Å². The average Bonchev–Trinajstić information content (AvgIpc) is 3.09. The SMILES string of the molecule is O=C(/C=C/c1ccc(OC(F)F)cc1)Nc1n[nH]c(-c2ccc(F)cc2)n1. The maximum absolute atomic E-state index is 12.9. The van der Waals surface area contributed by atoms with Crippen molar-refractivity contribution >= 4 is 17.9 Å². The molecule has 3 aromatic rings. The van der Waals surface area contributed by atoms with E-state index in [1.54, 1.807) is 0 Å². The molecule has 0 saturated heterocycles. The van der Waals surface area contributed by atoms with Crippen LogP contribution in [0.15, 0.2) is 54.6 Å². The monoisotopic (exact) mass is 374 g/mol. The Morgan fingerprint density at radius 3 is 2.48 bits per heavy atom. The predicted molar refractivity (Wildman–Crippen MR) is 92.5 cm³/mol. The zero-order chi connectivity index (χ0) is 19.2. The molecule has 6 nitrogen and oxygen atoms in total. The van der Waals surface area contributed by atoms with Crippen LogP contribution in [0.2, 0.25) is 0 Å². The smallest absolute Gasteiger partial charge is 0.387 e. The van der Waals surface area contributed by atoms with E-state index >= 15 is 0 Å². The minimum absolute atomic E-state index is 0.0284. The van der Waals surface area contributed by atoms with Crippen LogP contribution in [-0.4, -0.2) is 27.7 Å². The van der Waals surface area contributed by atoms with Crippen molar-refractivity contribution in [1.82, 2.24) is 15.2 Å². The van der Waals surface area contributed by atoms with Gasteiger partial charge in [0.05, 0.1) is 0 Å². The van der Waals surface area contributed by atoms with Gasteiger partial charge in [-0.25, -0.2) is 4.39 Å². The van der Waals surface area contributed by atoms with E-state index in [2.05, 4.69) is 25.2 Å². The maximum Gasteiger partial charge on any atom is 0.387 e. The Bertz CT molecular complexity index is 938. The fraction of sp³-hybridized carbons (Fsp3) is 0.0556. The van der Waals surface area contributed by atoms with Crippen molar-refractivity contribution in [3.05, 3.63) is 66.0 Å². The zero-order valence-electron chi connectivity index (χ0n) is 13.7. The Balaban J connectivity index is 1.59. The molecule has 2 aromatic carbocycles. The first-order chi connectivity index (χ1) is 13.0. The summed E-state index contributed by atoms with van der Waals surface area (Å²) in [6.07, 6.45) is 2.74. The summed E-state index contributed by atoms with van der Waals surface area (Å²) in [7, 11) is 0. The lowest BCUT2D eigenvalue weighted by molar-refractivity contribution is -0.111. The van der Waals surface area contributed by atoms with Crippen LogP contribution in [0.1, 0.15) is 5.56 Å². The summed E-state index contributed by atoms with van der Waals surface area (Å²) >= 11 is 0. The van der Waals surface area contributed by atoms with Gasteiger partial charge in [0, 0.05) is 11.6 Å². The lowest BCUT2D eigenvalue weighted by atomic mass is 10.2. The highest BCUT2D eigenvalue weighted by Crippen LogP contribution is 2.17. The fourth-order valence-electron chi connectivity index (χ4n) is 2.14. The Kier molecular flexibility index (Phi) is 5.50. The van der Waals surface area contributed by atoms with Crippen LogP contribution < -0.4 is 10.1 Å². The summed E-state index contributed by atoms with van der Waals surface area (Å²) in [5.74, 6) is -0.382. The van der Waals surface area contributed by atoms with Crippen LogP contribution in [0, 0.1) is 5.82 Å². The number of carbonyl (C=O) groups is 1. The van der Waals surface area contributed by atoms with Gasteiger partial charge < -0.3 is 4.74 Å². The predicted octanol–water partition coefficient (Wildman–Crippen LogP) is 3.86. The molecule has 0 aliphatic rings. The van der Waals surface area contributed by atoms with Gasteiger partial charge in [-0.2, -0.15) is 13.8 Å². The van der Waals surface area contributed by atoms with Gasteiger partial charge in [0.15, 0.2) is 5.82 Å². The van der Waals surface area contributed by atoms with E-state index in [1.165, 1.54) is 60.7 Å². The molecule has 3 rings (SSSR count). The van der Waals surface area contributed by atoms with Crippen LogP contribution in [0.4, 0.5) is 19.1 Å². The van der Waals surface area contributed by atoms with E-state index in [0.717, 1.165) is 0 Å². The molecular weight excluding hydrogens is 361 g/mol. The third-order valence-corrected chi connectivity index (χ3v) is 3.37. The maximum atomic E-state index is 12.9. The molecule has 0 aliphatic heterocycles.